The maximum atomic E-state index is 13.4. The predicted molar refractivity (Wildman–Crippen MR) is 91.7 cm³/mol. The summed E-state index contributed by atoms with van der Waals surface area (Å²) in [5, 5.41) is 0. The van der Waals surface area contributed by atoms with Crippen LogP contribution in [-0.4, -0.2) is 84.9 Å². The van der Waals surface area contributed by atoms with Gasteiger partial charge in [0, 0.05) is 52.8 Å². The van der Waals surface area contributed by atoms with Crippen LogP contribution in [-0.2, 0) is 19.1 Å². The molecule has 3 fully saturated rings. The second kappa shape index (κ2) is 7.32. The van der Waals surface area contributed by atoms with Crippen LogP contribution in [0.4, 0.5) is 0 Å². The second-order valence-electron chi connectivity index (χ2n) is 7.49. The van der Waals surface area contributed by atoms with Gasteiger partial charge in [-0.3, -0.25) is 14.4 Å². The van der Waals surface area contributed by atoms with E-state index in [1.165, 1.54) is 7.11 Å². The summed E-state index contributed by atoms with van der Waals surface area (Å²) in [5.41, 5.74) is -0.530. The van der Waals surface area contributed by atoms with Crippen molar-refractivity contribution >= 4 is 17.7 Å². The van der Waals surface area contributed by atoms with Gasteiger partial charge in [0.1, 0.15) is 6.61 Å². The molecule has 0 spiro atoms. The molecule has 0 aromatic heterocycles. The molecular formula is C18H29N3O4. The van der Waals surface area contributed by atoms with Gasteiger partial charge in [0.15, 0.2) is 0 Å². The molecule has 25 heavy (non-hydrogen) atoms. The zero-order chi connectivity index (χ0) is 18.0. The predicted octanol–water partition coefficient (Wildman–Crippen LogP) is 0.485. The monoisotopic (exact) mass is 351 g/mol. The van der Waals surface area contributed by atoms with Crippen LogP contribution in [0.25, 0.3) is 0 Å². The standard InChI is InChI=1S/C18H29N3O4/c1-14(22)21-12-7-18(17(24)20-8-3-4-9-20)6-11-19(10-5-15(18)21)16(23)13-25-2/h15H,3-13H2,1-2H3/t15-,18+/m1/s1. The van der Waals surface area contributed by atoms with Gasteiger partial charge in [-0.05, 0) is 32.1 Å². The van der Waals surface area contributed by atoms with Crippen molar-refractivity contribution in [2.45, 2.75) is 45.1 Å². The molecule has 7 heteroatoms. The number of ether oxygens (including phenoxy) is 1. The molecule has 3 amide bonds. The molecule has 3 aliphatic rings. The first-order valence-corrected chi connectivity index (χ1v) is 9.33. The van der Waals surface area contributed by atoms with Gasteiger partial charge in [0.05, 0.1) is 5.41 Å². The van der Waals surface area contributed by atoms with Crippen molar-refractivity contribution in [1.29, 1.82) is 0 Å². The Morgan fingerprint density at radius 1 is 1.00 bits per heavy atom. The third-order valence-electron chi connectivity index (χ3n) is 6.16. The summed E-state index contributed by atoms with van der Waals surface area (Å²) in [6.45, 7) is 5.06. The van der Waals surface area contributed by atoms with Crippen LogP contribution in [0.3, 0.4) is 0 Å². The molecular weight excluding hydrogens is 322 g/mol. The van der Waals surface area contributed by atoms with Crippen LogP contribution >= 0.6 is 0 Å². The highest BCUT2D eigenvalue weighted by molar-refractivity contribution is 5.86. The summed E-state index contributed by atoms with van der Waals surface area (Å²) in [4.78, 5) is 43.4. The maximum absolute atomic E-state index is 13.4. The van der Waals surface area contributed by atoms with E-state index >= 15 is 0 Å². The summed E-state index contributed by atoms with van der Waals surface area (Å²) in [6.07, 6.45) is 4.11. The van der Waals surface area contributed by atoms with Crippen molar-refractivity contribution < 1.29 is 19.1 Å². The minimum absolute atomic E-state index is 0.0257. The van der Waals surface area contributed by atoms with Gasteiger partial charge >= 0.3 is 0 Å². The maximum Gasteiger partial charge on any atom is 0.248 e. The lowest BCUT2D eigenvalue weighted by Gasteiger charge is -2.37. The van der Waals surface area contributed by atoms with E-state index in [-0.39, 0.29) is 30.4 Å². The molecule has 3 saturated heterocycles. The highest BCUT2D eigenvalue weighted by Crippen LogP contribution is 2.45. The van der Waals surface area contributed by atoms with Crippen LogP contribution in [0.15, 0.2) is 0 Å². The Hall–Kier alpha value is -1.63. The number of carbonyl (C=O) groups excluding carboxylic acids is 3. The Morgan fingerprint density at radius 3 is 2.32 bits per heavy atom. The first kappa shape index (κ1) is 18.2. The first-order chi connectivity index (χ1) is 12.0. The van der Waals surface area contributed by atoms with Crippen LogP contribution in [0.5, 0.6) is 0 Å². The van der Waals surface area contributed by atoms with Gasteiger partial charge < -0.3 is 19.4 Å². The Morgan fingerprint density at radius 2 is 1.68 bits per heavy atom. The fourth-order valence-electron chi connectivity index (χ4n) is 4.82. The molecule has 140 valence electrons. The highest BCUT2D eigenvalue weighted by Gasteiger charge is 2.55. The van der Waals surface area contributed by atoms with Crippen molar-refractivity contribution in [2.24, 2.45) is 5.41 Å². The SMILES string of the molecule is COCC(=O)N1CC[C@H]2N(C(C)=O)CC[C@@]2(C(=O)N2CCCC2)CC1. The Kier molecular flexibility index (Phi) is 5.32. The number of nitrogens with zero attached hydrogens (tertiary/aromatic N) is 3. The van der Waals surface area contributed by atoms with Gasteiger partial charge in [-0.25, -0.2) is 0 Å². The van der Waals surface area contributed by atoms with Crippen LogP contribution in [0.1, 0.15) is 39.0 Å². The van der Waals surface area contributed by atoms with E-state index in [0.29, 0.717) is 38.9 Å². The molecule has 3 aliphatic heterocycles. The molecule has 2 atom stereocenters. The first-order valence-electron chi connectivity index (χ1n) is 9.33. The fourth-order valence-corrected chi connectivity index (χ4v) is 4.82. The third kappa shape index (κ3) is 3.26. The molecule has 0 unspecified atom stereocenters. The molecule has 0 aliphatic carbocycles. The third-order valence-corrected chi connectivity index (χ3v) is 6.16. The lowest BCUT2D eigenvalue weighted by Crippen LogP contribution is -2.51. The van der Waals surface area contributed by atoms with Crippen molar-refractivity contribution in [3.63, 3.8) is 0 Å². The summed E-state index contributed by atoms with van der Waals surface area (Å²) < 4.78 is 4.97. The van der Waals surface area contributed by atoms with Crippen LogP contribution in [0.2, 0.25) is 0 Å². The highest BCUT2D eigenvalue weighted by atomic mass is 16.5. The average molecular weight is 351 g/mol. The molecule has 0 saturated carbocycles. The topological polar surface area (TPSA) is 70.2 Å². The van der Waals surface area contributed by atoms with Gasteiger partial charge in [-0.15, -0.1) is 0 Å². The van der Waals surface area contributed by atoms with Gasteiger partial charge in [0.25, 0.3) is 0 Å². The van der Waals surface area contributed by atoms with Crippen LogP contribution in [0, 0.1) is 5.41 Å². The Labute approximate surface area is 149 Å². The van der Waals surface area contributed by atoms with Crippen molar-refractivity contribution in [2.75, 3.05) is 46.4 Å². The van der Waals surface area contributed by atoms with E-state index < -0.39 is 5.41 Å². The zero-order valence-corrected chi connectivity index (χ0v) is 15.3. The zero-order valence-electron chi connectivity index (χ0n) is 15.3. The number of amides is 3. The van der Waals surface area contributed by atoms with Crippen molar-refractivity contribution in [3.05, 3.63) is 0 Å². The average Bonchev–Trinajstić information content (AvgIpc) is 3.19. The number of rotatable bonds is 3. The Bertz CT molecular complexity index is 546. The molecule has 7 nitrogen and oxygen atoms in total. The van der Waals surface area contributed by atoms with E-state index in [9.17, 15) is 14.4 Å². The van der Waals surface area contributed by atoms with E-state index in [2.05, 4.69) is 0 Å². The van der Waals surface area contributed by atoms with Gasteiger partial charge in [-0.1, -0.05) is 0 Å². The molecule has 0 bridgehead atoms. The van der Waals surface area contributed by atoms with E-state index in [4.69, 9.17) is 4.74 Å². The smallest absolute Gasteiger partial charge is 0.248 e. The summed E-state index contributed by atoms with van der Waals surface area (Å²) in [6, 6.07) is -0.0987. The van der Waals surface area contributed by atoms with E-state index in [1.807, 2.05) is 9.80 Å². The summed E-state index contributed by atoms with van der Waals surface area (Å²) >= 11 is 0. The normalized spacial score (nSPS) is 29.5. The molecule has 0 aromatic carbocycles. The lowest BCUT2D eigenvalue weighted by molar-refractivity contribution is -0.144. The van der Waals surface area contributed by atoms with Crippen LogP contribution < -0.4 is 0 Å². The molecule has 0 aromatic rings. The lowest BCUT2D eigenvalue weighted by atomic mass is 9.75. The van der Waals surface area contributed by atoms with Gasteiger partial charge in [-0.2, -0.15) is 0 Å². The number of methoxy groups -OCH3 is 1. The molecule has 3 rings (SSSR count). The largest absolute Gasteiger partial charge is 0.375 e. The van der Waals surface area contributed by atoms with Crippen molar-refractivity contribution in [3.8, 4) is 0 Å². The molecule has 3 heterocycles. The second-order valence-corrected chi connectivity index (χ2v) is 7.49. The number of fused-ring (bicyclic) bond motifs is 1. The number of hydrogen-bond acceptors (Lipinski definition) is 4. The quantitative estimate of drug-likeness (QED) is 0.742. The van der Waals surface area contributed by atoms with Gasteiger partial charge in [0.2, 0.25) is 17.7 Å². The number of likely N-dealkylation sites (tertiary alicyclic amines) is 3. The fraction of sp³-hybridized carbons (Fsp3) is 0.833. The minimum Gasteiger partial charge on any atom is -0.375 e. The summed E-state index contributed by atoms with van der Waals surface area (Å²) in [5.74, 6) is 0.179. The summed E-state index contributed by atoms with van der Waals surface area (Å²) in [7, 11) is 1.51. The van der Waals surface area contributed by atoms with Crippen molar-refractivity contribution in [1.82, 2.24) is 14.7 Å². The molecule has 0 N–H and O–H groups in total. The van der Waals surface area contributed by atoms with E-state index in [1.54, 1.807) is 11.8 Å². The Balaban J connectivity index is 1.85. The number of hydrogen-bond donors (Lipinski definition) is 0. The minimum atomic E-state index is -0.530. The van der Waals surface area contributed by atoms with E-state index in [0.717, 1.165) is 25.9 Å². The molecule has 0 radical (unpaired) electrons. The number of carbonyl (C=O) groups is 3.